The minimum Gasteiger partial charge on any atom is -0.467 e. The number of carbonyl (C=O) groups excluding carboxylic acids is 1. The summed E-state index contributed by atoms with van der Waals surface area (Å²) in [5, 5.41) is 1.49. The maximum atomic E-state index is 12.9. The number of carbonyl (C=O) groups is 1. The van der Waals surface area contributed by atoms with Crippen LogP contribution < -0.4 is 4.74 Å². The monoisotopic (exact) mass is 462 g/mol. The van der Waals surface area contributed by atoms with Gasteiger partial charge in [-0.05, 0) is 42.7 Å². The molecule has 1 unspecified atom stereocenters. The third-order valence-corrected chi connectivity index (χ3v) is 6.04. The van der Waals surface area contributed by atoms with E-state index >= 15 is 0 Å². The van der Waals surface area contributed by atoms with Crippen LogP contribution in [0.4, 0.5) is 0 Å². The number of likely N-dealkylation sites (tertiary alicyclic amines) is 1. The highest BCUT2D eigenvalue weighted by atomic mass is 35.5. The van der Waals surface area contributed by atoms with Crippen molar-refractivity contribution in [2.24, 2.45) is 0 Å². The predicted molar refractivity (Wildman–Crippen MR) is 124 cm³/mol. The molecule has 0 spiro atoms. The summed E-state index contributed by atoms with van der Waals surface area (Å²) in [5.74, 6) is 1.87. The SMILES string of the molecule is O=C(COc1ncnc2ccccc12)N1CCCC(c2ncc(Cc3cccc(Cl)c3)o2)C1. The Bertz CT molecular complexity index is 1270. The Morgan fingerprint density at radius 2 is 2.06 bits per heavy atom. The maximum Gasteiger partial charge on any atom is 0.260 e. The van der Waals surface area contributed by atoms with Gasteiger partial charge in [0.25, 0.3) is 5.91 Å². The molecule has 0 N–H and O–H groups in total. The number of piperidine rings is 1. The molecule has 1 fully saturated rings. The molecule has 33 heavy (non-hydrogen) atoms. The lowest BCUT2D eigenvalue weighted by Gasteiger charge is -2.31. The Labute approximate surface area is 196 Å². The highest BCUT2D eigenvalue weighted by Crippen LogP contribution is 2.28. The standard InChI is InChI=1S/C25H23ClN4O3/c26-19-7-3-5-17(11-19)12-20-13-27-24(33-20)18-6-4-10-30(14-18)23(31)15-32-25-21-8-1-2-9-22(21)28-16-29-25/h1-3,5,7-9,11,13,16,18H,4,6,10,12,14-15H2. The van der Waals surface area contributed by atoms with Gasteiger partial charge in [-0.2, -0.15) is 0 Å². The summed E-state index contributed by atoms with van der Waals surface area (Å²) in [4.78, 5) is 27.6. The molecule has 1 amide bonds. The van der Waals surface area contributed by atoms with E-state index in [-0.39, 0.29) is 18.4 Å². The summed E-state index contributed by atoms with van der Waals surface area (Å²) in [7, 11) is 0. The molecule has 0 saturated carbocycles. The zero-order valence-corrected chi connectivity index (χ0v) is 18.7. The first-order valence-corrected chi connectivity index (χ1v) is 11.3. The van der Waals surface area contributed by atoms with Gasteiger partial charge in [-0.25, -0.2) is 15.0 Å². The summed E-state index contributed by atoms with van der Waals surface area (Å²) in [6.45, 7) is 1.18. The van der Waals surface area contributed by atoms with Crippen LogP contribution in [0, 0.1) is 0 Å². The quantitative estimate of drug-likeness (QED) is 0.415. The zero-order valence-electron chi connectivity index (χ0n) is 18.0. The van der Waals surface area contributed by atoms with Crippen molar-refractivity contribution in [3.8, 4) is 5.88 Å². The van der Waals surface area contributed by atoms with Crippen molar-refractivity contribution < 1.29 is 13.9 Å². The van der Waals surface area contributed by atoms with Crippen molar-refractivity contribution in [1.82, 2.24) is 19.9 Å². The first-order valence-electron chi connectivity index (χ1n) is 10.9. The first kappa shape index (κ1) is 21.4. The summed E-state index contributed by atoms with van der Waals surface area (Å²) in [5.41, 5.74) is 1.85. The smallest absolute Gasteiger partial charge is 0.260 e. The number of fused-ring (bicyclic) bond motifs is 1. The minimum absolute atomic E-state index is 0.0655. The van der Waals surface area contributed by atoms with Gasteiger partial charge in [0.05, 0.1) is 23.0 Å². The van der Waals surface area contributed by atoms with E-state index in [0.29, 0.717) is 36.3 Å². The highest BCUT2D eigenvalue weighted by molar-refractivity contribution is 6.30. The summed E-state index contributed by atoms with van der Waals surface area (Å²) < 4.78 is 11.8. The lowest BCUT2D eigenvalue weighted by Crippen LogP contribution is -2.41. The molecule has 1 aliphatic heterocycles. The normalized spacial score (nSPS) is 16.2. The number of aromatic nitrogens is 3. The summed E-state index contributed by atoms with van der Waals surface area (Å²) in [6.07, 6.45) is 5.66. The average molecular weight is 463 g/mol. The van der Waals surface area contributed by atoms with E-state index < -0.39 is 0 Å². The van der Waals surface area contributed by atoms with Gasteiger partial charge < -0.3 is 14.1 Å². The minimum atomic E-state index is -0.0758. The van der Waals surface area contributed by atoms with Crippen LogP contribution in [0.3, 0.4) is 0 Å². The second-order valence-corrected chi connectivity index (χ2v) is 8.57. The van der Waals surface area contributed by atoms with Crippen LogP contribution in [0.25, 0.3) is 10.9 Å². The van der Waals surface area contributed by atoms with Crippen molar-refractivity contribution in [2.45, 2.75) is 25.2 Å². The number of oxazole rings is 1. The van der Waals surface area contributed by atoms with E-state index in [1.165, 1.54) is 6.33 Å². The molecule has 7 nitrogen and oxygen atoms in total. The van der Waals surface area contributed by atoms with Crippen LogP contribution in [0.5, 0.6) is 5.88 Å². The molecule has 1 saturated heterocycles. The van der Waals surface area contributed by atoms with Crippen molar-refractivity contribution in [2.75, 3.05) is 19.7 Å². The number of nitrogens with zero attached hydrogens (tertiary/aromatic N) is 4. The maximum absolute atomic E-state index is 12.9. The van der Waals surface area contributed by atoms with Crippen molar-refractivity contribution >= 4 is 28.4 Å². The Balaban J connectivity index is 1.21. The molecule has 0 radical (unpaired) electrons. The van der Waals surface area contributed by atoms with Crippen LogP contribution in [0.15, 0.2) is 65.5 Å². The van der Waals surface area contributed by atoms with Gasteiger partial charge in [0.15, 0.2) is 12.5 Å². The average Bonchev–Trinajstić information content (AvgIpc) is 3.31. The predicted octanol–water partition coefficient (Wildman–Crippen LogP) is 4.65. The largest absolute Gasteiger partial charge is 0.467 e. The molecule has 2 aromatic carbocycles. The Morgan fingerprint density at radius 3 is 2.97 bits per heavy atom. The first-order chi connectivity index (χ1) is 16.2. The fourth-order valence-electron chi connectivity index (χ4n) is 4.16. The van der Waals surface area contributed by atoms with Gasteiger partial charge in [0, 0.05) is 24.5 Å². The van der Waals surface area contributed by atoms with E-state index in [0.717, 1.165) is 35.1 Å². The highest BCUT2D eigenvalue weighted by Gasteiger charge is 2.28. The summed E-state index contributed by atoms with van der Waals surface area (Å²) in [6, 6.07) is 15.3. The number of amides is 1. The molecule has 1 aliphatic rings. The fraction of sp³-hybridized carbons (Fsp3) is 0.280. The van der Waals surface area contributed by atoms with Crippen molar-refractivity contribution in [3.63, 3.8) is 0 Å². The number of rotatable bonds is 6. The zero-order chi connectivity index (χ0) is 22.6. The van der Waals surface area contributed by atoms with Crippen LogP contribution >= 0.6 is 11.6 Å². The molecule has 3 heterocycles. The van der Waals surface area contributed by atoms with Gasteiger partial charge in [-0.15, -0.1) is 0 Å². The molecular formula is C25H23ClN4O3. The Kier molecular flexibility index (Phi) is 6.21. The molecule has 5 rings (SSSR count). The molecule has 8 heteroatoms. The summed E-state index contributed by atoms with van der Waals surface area (Å²) >= 11 is 6.08. The van der Waals surface area contributed by atoms with Gasteiger partial charge in [-0.1, -0.05) is 35.9 Å². The van der Waals surface area contributed by atoms with Gasteiger partial charge in [0.2, 0.25) is 5.88 Å². The molecule has 2 aromatic heterocycles. The third kappa shape index (κ3) is 4.98. The number of para-hydroxylation sites is 1. The van der Waals surface area contributed by atoms with Crippen molar-refractivity contribution in [1.29, 1.82) is 0 Å². The molecular weight excluding hydrogens is 440 g/mol. The van der Waals surface area contributed by atoms with Gasteiger partial charge in [0.1, 0.15) is 12.1 Å². The Morgan fingerprint density at radius 1 is 1.15 bits per heavy atom. The molecule has 0 bridgehead atoms. The van der Waals surface area contributed by atoms with E-state index in [1.54, 1.807) is 6.20 Å². The van der Waals surface area contributed by atoms with Gasteiger partial charge in [-0.3, -0.25) is 4.79 Å². The van der Waals surface area contributed by atoms with E-state index in [1.807, 2.05) is 53.4 Å². The van der Waals surface area contributed by atoms with E-state index in [9.17, 15) is 4.79 Å². The number of hydrogen-bond acceptors (Lipinski definition) is 6. The molecule has 1 atom stereocenters. The van der Waals surface area contributed by atoms with Crippen LogP contribution in [-0.2, 0) is 11.2 Å². The molecule has 4 aromatic rings. The second kappa shape index (κ2) is 9.58. The molecule has 168 valence electrons. The third-order valence-electron chi connectivity index (χ3n) is 5.80. The fourth-order valence-corrected chi connectivity index (χ4v) is 4.38. The number of hydrogen-bond donors (Lipinski definition) is 0. The van der Waals surface area contributed by atoms with Gasteiger partial charge >= 0.3 is 0 Å². The Hall–Kier alpha value is -3.45. The lowest BCUT2D eigenvalue weighted by atomic mass is 9.98. The van der Waals surface area contributed by atoms with Crippen LogP contribution in [0.2, 0.25) is 5.02 Å². The van der Waals surface area contributed by atoms with Crippen LogP contribution in [0.1, 0.15) is 36.0 Å². The van der Waals surface area contributed by atoms with Crippen molar-refractivity contribution in [3.05, 3.63) is 83.3 Å². The number of ether oxygens (including phenoxy) is 1. The van der Waals surface area contributed by atoms with E-state index in [2.05, 4.69) is 15.0 Å². The molecule has 0 aliphatic carbocycles. The number of halogens is 1. The second-order valence-electron chi connectivity index (χ2n) is 8.14. The van der Waals surface area contributed by atoms with Crippen LogP contribution in [-0.4, -0.2) is 45.5 Å². The van der Waals surface area contributed by atoms with E-state index in [4.69, 9.17) is 20.8 Å². The number of benzene rings is 2. The lowest BCUT2D eigenvalue weighted by molar-refractivity contribution is -0.134. The topological polar surface area (TPSA) is 81.4 Å².